The summed E-state index contributed by atoms with van der Waals surface area (Å²) in [6.45, 7) is 4.77. The largest absolute Gasteiger partial charge is 0.449 e. The molecule has 1 saturated heterocycles. The predicted molar refractivity (Wildman–Crippen MR) is 121 cm³/mol. The molecule has 0 aliphatic carbocycles. The van der Waals surface area contributed by atoms with Crippen molar-refractivity contribution in [2.24, 2.45) is 0 Å². The number of para-hydroxylation sites is 1. The monoisotopic (exact) mass is 456 g/mol. The first-order chi connectivity index (χ1) is 15.3. The number of esters is 1. The fourth-order valence-corrected chi connectivity index (χ4v) is 6.08. The Bertz CT molecular complexity index is 1140. The first-order valence-corrected chi connectivity index (χ1v) is 12.4. The number of fused-ring (bicyclic) bond motifs is 1. The van der Waals surface area contributed by atoms with Gasteiger partial charge in [0.05, 0.1) is 10.5 Å². The minimum absolute atomic E-state index is 0.112. The molecule has 4 rings (SSSR count). The standard InChI is InChI=1S/C24H28N2O5S/c1-17-10-11-20(16-22(17)32(29,30)25-13-6-3-7-14-25)24(28)31-18(2)23(27)26-15-12-19-8-4-5-9-21(19)26/h4-5,8-11,16,18H,3,6-7,12-15H2,1-2H3/t18-/m0/s1. The minimum atomic E-state index is -3.69. The molecular weight excluding hydrogens is 428 g/mol. The first kappa shape index (κ1) is 22.5. The highest BCUT2D eigenvalue weighted by Gasteiger charge is 2.31. The van der Waals surface area contributed by atoms with Crippen LogP contribution in [0.5, 0.6) is 0 Å². The number of piperidine rings is 1. The van der Waals surface area contributed by atoms with Crippen molar-refractivity contribution in [2.75, 3.05) is 24.5 Å². The van der Waals surface area contributed by atoms with Crippen molar-refractivity contribution in [3.05, 3.63) is 59.2 Å². The van der Waals surface area contributed by atoms with Crippen LogP contribution in [-0.4, -0.2) is 50.3 Å². The molecule has 0 N–H and O–H groups in total. The van der Waals surface area contributed by atoms with Crippen molar-refractivity contribution in [3.8, 4) is 0 Å². The Hall–Kier alpha value is -2.71. The maximum absolute atomic E-state index is 13.1. The SMILES string of the molecule is Cc1ccc(C(=O)O[C@@H](C)C(=O)N2CCc3ccccc32)cc1S(=O)(=O)N1CCCCC1. The summed E-state index contributed by atoms with van der Waals surface area (Å²) in [7, 11) is -3.69. The number of hydrogen-bond acceptors (Lipinski definition) is 5. The smallest absolute Gasteiger partial charge is 0.338 e. The Labute approximate surface area is 189 Å². The molecule has 2 heterocycles. The van der Waals surface area contributed by atoms with Gasteiger partial charge in [0.15, 0.2) is 6.10 Å². The number of carbonyl (C=O) groups is 2. The van der Waals surface area contributed by atoms with Gasteiger partial charge in [-0.05, 0) is 62.4 Å². The maximum Gasteiger partial charge on any atom is 0.338 e. The zero-order chi connectivity index (χ0) is 22.9. The zero-order valence-electron chi connectivity index (χ0n) is 18.4. The topological polar surface area (TPSA) is 84.0 Å². The van der Waals surface area contributed by atoms with E-state index < -0.39 is 22.1 Å². The average Bonchev–Trinajstić information content (AvgIpc) is 3.23. The third-order valence-electron chi connectivity index (χ3n) is 6.14. The Balaban J connectivity index is 1.50. The van der Waals surface area contributed by atoms with Gasteiger partial charge in [0.25, 0.3) is 5.91 Å². The molecule has 170 valence electrons. The molecule has 0 unspecified atom stereocenters. The van der Waals surface area contributed by atoms with E-state index in [4.69, 9.17) is 4.74 Å². The molecule has 0 saturated carbocycles. The number of ether oxygens (including phenoxy) is 1. The van der Waals surface area contributed by atoms with Crippen LogP contribution in [0.3, 0.4) is 0 Å². The van der Waals surface area contributed by atoms with Gasteiger partial charge in [-0.2, -0.15) is 4.31 Å². The second kappa shape index (κ2) is 9.03. The van der Waals surface area contributed by atoms with Crippen LogP contribution in [0.2, 0.25) is 0 Å². The van der Waals surface area contributed by atoms with Crippen molar-refractivity contribution < 1.29 is 22.7 Å². The zero-order valence-corrected chi connectivity index (χ0v) is 19.2. The number of anilines is 1. The van der Waals surface area contributed by atoms with Crippen LogP contribution in [0.4, 0.5) is 5.69 Å². The molecule has 2 aliphatic heterocycles. The number of amides is 1. The van der Waals surface area contributed by atoms with Gasteiger partial charge in [-0.1, -0.05) is 30.7 Å². The average molecular weight is 457 g/mol. The van der Waals surface area contributed by atoms with E-state index in [1.807, 2.05) is 24.3 Å². The van der Waals surface area contributed by atoms with Crippen molar-refractivity contribution in [3.63, 3.8) is 0 Å². The van der Waals surface area contributed by atoms with Gasteiger partial charge in [-0.15, -0.1) is 0 Å². The Morgan fingerprint density at radius 1 is 1.00 bits per heavy atom. The second-order valence-corrected chi connectivity index (χ2v) is 10.3. The van der Waals surface area contributed by atoms with E-state index in [0.717, 1.165) is 36.9 Å². The van der Waals surface area contributed by atoms with E-state index >= 15 is 0 Å². The summed E-state index contributed by atoms with van der Waals surface area (Å²) in [5.41, 5.74) is 2.62. The third-order valence-corrected chi connectivity index (χ3v) is 8.18. The van der Waals surface area contributed by atoms with Gasteiger partial charge in [0.2, 0.25) is 10.0 Å². The molecule has 2 aromatic rings. The summed E-state index contributed by atoms with van der Waals surface area (Å²) in [6, 6.07) is 12.2. The third kappa shape index (κ3) is 4.29. The summed E-state index contributed by atoms with van der Waals surface area (Å²) in [5, 5.41) is 0. The molecule has 1 amide bonds. The summed E-state index contributed by atoms with van der Waals surface area (Å²) in [5.74, 6) is -1.01. The van der Waals surface area contributed by atoms with E-state index in [2.05, 4.69) is 0 Å². The lowest BCUT2D eigenvalue weighted by molar-refractivity contribution is -0.126. The number of sulfonamides is 1. The maximum atomic E-state index is 13.1. The summed E-state index contributed by atoms with van der Waals surface area (Å²) >= 11 is 0. The molecule has 2 aromatic carbocycles. The molecule has 0 spiro atoms. The van der Waals surface area contributed by atoms with Crippen molar-refractivity contribution in [2.45, 2.75) is 50.5 Å². The van der Waals surface area contributed by atoms with Crippen LogP contribution in [0.15, 0.2) is 47.4 Å². The molecule has 0 bridgehead atoms. The second-order valence-electron chi connectivity index (χ2n) is 8.36. The fraction of sp³-hybridized carbons (Fsp3) is 0.417. The molecule has 7 nitrogen and oxygen atoms in total. The molecule has 0 radical (unpaired) electrons. The highest BCUT2D eigenvalue weighted by Crippen LogP contribution is 2.29. The van der Waals surface area contributed by atoms with Crippen molar-refractivity contribution in [1.82, 2.24) is 4.31 Å². The summed E-state index contributed by atoms with van der Waals surface area (Å²) in [6.07, 6.45) is 2.46. The fourth-order valence-electron chi connectivity index (χ4n) is 4.31. The number of benzene rings is 2. The van der Waals surface area contributed by atoms with Gasteiger partial charge in [0.1, 0.15) is 0 Å². The number of nitrogens with zero attached hydrogens (tertiary/aromatic N) is 2. The molecule has 8 heteroatoms. The number of aryl methyl sites for hydroxylation is 1. The van der Waals surface area contributed by atoms with Crippen LogP contribution in [-0.2, 0) is 26.0 Å². The summed E-state index contributed by atoms with van der Waals surface area (Å²) < 4.78 is 33.2. The lowest BCUT2D eigenvalue weighted by Gasteiger charge is -2.26. The van der Waals surface area contributed by atoms with Gasteiger partial charge in [-0.25, -0.2) is 13.2 Å². The van der Waals surface area contributed by atoms with Gasteiger partial charge in [-0.3, -0.25) is 4.79 Å². The predicted octanol–water partition coefficient (Wildman–Crippen LogP) is 3.30. The Morgan fingerprint density at radius 2 is 1.72 bits per heavy atom. The number of rotatable bonds is 5. The van der Waals surface area contributed by atoms with Crippen LogP contribution >= 0.6 is 0 Å². The minimum Gasteiger partial charge on any atom is -0.449 e. The molecule has 2 aliphatic rings. The van der Waals surface area contributed by atoms with E-state index in [1.54, 1.807) is 24.8 Å². The lowest BCUT2D eigenvalue weighted by atomic mass is 10.1. The molecular formula is C24H28N2O5S. The lowest BCUT2D eigenvalue weighted by Crippen LogP contribution is -2.39. The van der Waals surface area contributed by atoms with E-state index in [9.17, 15) is 18.0 Å². The van der Waals surface area contributed by atoms with Crippen LogP contribution < -0.4 is 4.90 Å². The van der Waals surface area contributed by atoms with E-state index in [0.29, 0.717) is 25.2 Å². The highest BCUT2D eigenvalue weighted by molar-refractivity contribution is 7.89. The summed E-state index contributed by atoms with van der Waals surface area (Å²) in [4.78, 5) is 27.4. The van der Waals surface area contributed by atoms with E-state index in [1.165, 1.54) is 16.4 Å². The highest BCUT2D eigenvalue weighted by atomic mass is 32.2. The Morgan fingerprint density at radius 3 is 2.47 bits per heavy atom. The number of hydrogen-bond donors (Lipinski definition) is 0. The van der Waals surface area contributed by atoms with Crippen LogP contribution in [0.25, 0.3) is 0 Å². The van der Waals surface area contributed by atoms with Gasteiger partial charge < -0.3 is 9.64 Å². The molecule has 32 heavy (non-hydrogen) atoms. The molecule has 1 atom stereocenters. The Kier molecular flexibility index (Phi) is 6.35. The molecule has 0 aromatic heterocycles. The quantitative estimate of drug-likeness (QED) is 0.645. The first-order valence-electron chi connectivity index (χ1n) is 11.0. The normalized spacial score (nSPS) is 17.6. The van der Waals surface area contributed by atoms with Crippen LogP contribution in [0, 0.1) is 6.92 Å². The van der Waals surface area contributed by atoms with Crippen molar-refractivity contribution in [1.29, 1.82) is 0 Å². The van der Waals surface area contributed by atoms with E-state index in [-0.39, 0.29) is 16.4 Å². The van der Waals surface area contributed by atoms with Crippen molar-refractivity contribution >= 4 is 27.6 Å². The number of carbonyl (C=O) groups excluding carboxylic acids is 2. The van der Waals surface area contributed by atoms with Gasteiger partial charge >= 0.3 is 5.97 Å². The van der Waals surface area contributed by atoms with Gasteiger partial charge in [0, 0.05) is 25.3 Å². The molecule has 1 fully saturated rings. The van der Waals surface area contributed by atoms with Crippen LogP contribution in [0.1, 0.15) is 47.7 Å².